The molecule has 0 aromatic carbocycles. The lowest BCUT2D eigenvalue weighted by Crippen LogP contribution is -2.17. The molecule has 0 aliphatic heterocycles. The fourth-order valence-electron chi connectivity index (χ4n) is 2.43. The van der Waals surface area contributed by atoms with Gasteiger partial charge in [-0.1, -0.05) is 26.0 Å². The number of allylic oxidation sites excluding steroid dienone is 3. The summed E-state index contributed by atoms with van der Waals surface area (Å²) in [5, 5.41) is 0. The molecule has 2 atom stereocenters. The predicted octanol–water partition coefficient (Wildman–Crippen LogP) is 3.45. The van der Waals surface area contributed by atoms with Gasteiger partial charge in [-0.15, -0.1) is 0 Å². The van der Waals surface area contributed by atoms with Crippen molar-refractivity contribution in [1.29, 1.82) is 0 Å². The quantitative estimate of drug-likeness (QED) is 0.405. The Kier molecular flexibility index (Phi) is 2.69. The van der Waals surface area contributed by atoms with Gasteiger partial charge in [0.25, 0.3) is 0 Å². The van der Waals surface area contributed by atoms with Gasteiger partial charge >= 0.3 is 5.97 Å². The second kappa shape index (κ2) is 3.76. The monoisotopic (exact) mass is 220 g/mol. The molecule has 0 unspecified atom stereocenters. The molecule has 1 spiro atoms. The van der Waals surface area contributed by atoms with Crippen molar-refractivity contribution in [1.82, 2.24) is 0 Å². The van der Waals surface area contributed by atoms with Crippen LogP contribution in [0.15, 0.2) is 24.5 Å². The molecule has 88 valence electrons. The lowest BCUT2D eigenvalue weighted by atomic mass is 9.76. The zero-order chi connectivity index (χ0) is 11.8. The molecule has 0 heterocycles. The highest BCUT2D eigenvalue weighted by Crippen LogP contribution is 2.61. The zero-order valence-corrected chi connectivity index (χ0v) is 10.3. The SMILES string of the molecule is CC(=O)O/C=C/[C@H]1C[C@]12C=CC(C)(C)CC2. The van der Waals surface area contributed by atoms with Crippen molar-refractivity contribution in [2.45, 2.75) is 40.0 Å². The molecule has 0 N–H and O–H groups in total. The van der Waals surface area contributed by atoms with E-state index in [2.05, 4.69) is 26.0 Å². The van der Waals surface area contributed by atoms with Gasteiger partial charge in [-0.25, -0.2) is 0 Å². The third-order valence-electron chi connectivity index (χ3n) is 3.82. The molecule has 0 aromatic heterocycles. The number of rotatable bonds is 2. The summed E-state index contributed by atoms with van der Waals surface area (Å²) in [5.41, 5.74) is 0.740. The van der Waals surface area contributed by atoms with Crippen LogP contribution in [0.25, 0.3) is 0 Å². The summed E-state index contributed by atoms with van der Waals surface area (Å²) in [6.07, 6.45) is 12.0. The minimum absolute atomic E-state index is 0.244. The Labute approximate surface area is 97.4 Å². The molecule has 0 amide bonds. The first-order valence-corrected chi connectivity index (χ1v) is 5.98. The molecule has 0 saturated heterocycles. The van der Waals surface area contributed by atoms with Crippen LogP contribution in [-0.4, -0.2) is 5.97 Å². The number of carbonyl (C=O) groups is 1. The van der Waals surface area contributed by atoms with Crippen LogP contribution in [0, 0.1) is 16.7 Å². The van der Waals surface area contributed by atoms with Crippen LogP contribution >= 0.6 is 0 Å². The maximum atomic E-state index is 10.6. The van der Waals surface area contributed by atoms with Crippen LogP contribution in [0.1, 0.15) is 40.0 Å². The third-order valence-corrected chi connectivity index (χ3v) is 3.82. The Morgan fingerprint density at radius 3 is 2.69 bits per heavy atom. The highest BCUT2D eigenvalue weighted by Gasteiger charge is 2.52. The van der Waals surface area contributed by atoms with Crippen LogP contribution in [0.3, 0.4) is 0 Å². The van der Waals surface area contributed by atoms with E-state index in [-0.39, 0.29) is 5.97 Å². The van der Waals surface area contributed by atoms with Crippen molar-refractivity contribution < 1.29 is 9.53 Å². The summed E-state index contributed by atoms with van der Waals surface area (Å²) < 4.78 is 4.82. The van der Waals surface area contributed by atoms with E-state index < -0.39 is 0 Å². The van der Waals surface area contributed by atoms with Crippen LogP contribution < -0.4 is 0 Å². The van der Waals surface area contributed by atoms with E-state index in [1.165, 1.54) is 26.2 Å². The molecule has 2 heteroatoms. The Balaban J connectivity index is 1.91. The predicted molar refractivity (Wildman–Crippen MR) is 63.6 cm³/mol. The van der Waals surface area contributed by atoms with Gasteiger partial charge in [0.2, 0.25) is 0 Å². The lowest BCUT2D eigenvalue weighted by Gasteiger charge is -2.29. The molecular weight excluding hydrogens is 200 g/mol. The number of esters is 1. The van der Waals surface area contributed by atoms with Crippen molar-refractivity contribution in [2.75, 3.05) is 0 Å². The zero-order valence-electron chi connectivity index (χ0n) is 10.3. The van der Waals surface area contributed by atoms with Gasteiger partial charge in [-0.3, -0.25) is 4.79 Å². The summed E-state index contributed by atoms with van der Waals surface area (Å²) in [4.78, 5) is 10.6. The summed E-state index contributed by atoms with van der Waals surface area (Å²) in [6, 6.07) is 0. The molecule has 16 heavy (non-hydrogen) atoms. The van der Waals surface area contributed by atoms with E-state index in [4.69, 9.17) is 4.74 Å². The van der Waals surface area contributed by atoms with Crippen molar-refractivity contribution in [3.8, 4) is 0 Å². The first-order valence-electron chi connectivity index (χ1n) is 5.98. The molecule has 0 bridgehead atoms. The third kappa shape index (κ3) is 2.37. The molecular formula is C14H20O2. The largest absolute Gasteiger partial charge is 0.435 e. The molecule has 2 aliphatic rings. The average Bonchev–Trinajstić information content (AvgIpc) is 2.85. The molecule has 1 saturated carbocycles. The fraction of sp³-hybridized carbons (Fsp3) is 0.643. The van der Waals surface area contributed by atoms with E-state index in [9.17, 15) is 4.79 Å². The molecule has 2 rings (SSSR count). The van der Waals surface area contributed by atoms with Gasteiger partial charge in [0, 0.05) is 6.92 Å². The maximum absolute atomic E-state index is 10.6. The topological polar surface area (TPSA) is 26.3 Å². The van der Waals surface area contributed by atoms with Gasteiger partial charge in [-0.2, -0.15) is 0 Å². The minimum Gasteiger partial charge on any atom is -0.435 e. The van der Waals surface area contributed by atoms with Gasteiger partial charge < -0.3 is 4.74 Å². The standard InChI is InChI=1S/C14H20O2/c1-11(15)16-9-4-12-10-14(12)7-5-13(2,3)6-8-14/h4-5,7,9,12H,6,8,10H2,1-3H3/b9-4+/t12-,14+/m0/s1. The minimum atomic E-state index is -0.244. The lowest BCUT2D eigenvalue weighted by molar-refractivity contribution is -0.135. The molecule has 1 fully saturated rings. The van der Waals surface area contributed by atoms with Crippen LogP contribution in [0.2, 0.25) is 0 Å². The highest BCUT2D eigenvalue weighted by molar-refractivity contribution is 5.66. The van der Waals surface area contributed by atoms with E-state index in [0.29, 0.717) is 16.7 Å². The van der Waals surface area contributed by atoms with Gasteiger partial charge in [0.15, 0.2) is 0 Å². The number of hydrogen-bond donors (Lipinski definition) is 0. The summed E-state index contributed by atoms with van der Waals surface area (Å²) in [5.74, 6) is 0.325. The van der Waals surface area contributed by atoms with E-state index in [1.807, 2.05) is 6.08 Å². The summed E-state index contributed by atoms with van der Waals surface area (Å²) in [7, 11) is 0. The normalized spacial score (nSPS) is 35.6. The van der Waals surface area contributed by atoms with E-state index >= 15 is 0 Å². The van der Waals surface area contributed by atoms with E-state index in [1.54, 1.807) is 6.26 Å². The molecule has 0 radical (unpaired) electrons. The molecule has 2 aliphatic carbocycles. The Morgan fingerprint density at radius 1 is 1.38 bits per heavy atom. The highest BCUT2D eigenvalue weighted by atomic mass is 16.5. The Hall–Kier alpha value is -1.05. The fourth-order valence-corrected chi connectivity index (χ4v) is 2.43. The first-order chi connectivity index (χ1) is 7.44. The van der Waals surface area contributed by atoms with Crippen LogP contribution in [0.4, 0.5) is 0 Å². The number of hydrogen-bond acceptors (Lipinski definition) is 2. The summed E-state index contributed by atoms with van der Waals surface area (Å²) >= 11 is 0. The number of ether oxygens (including phenoxy) is 1. The van der Waals surface area contributed by atoms with Crippen molar-refractivity contribution >= 4 is 5.97 Å². The molecule has 2 nitrogen and oxygen atoms in total. The second-order valence-electron chi connectivity index (χ2n) is 5.80. The Bertz CT molecular complexity index is 352. The molecule has 0 aromatic rings. The Morgan fingerprint density at radius 2 is 2.12 bits per heavy atom. The van der Waals surface area contributed by atoms with Crippen LogP contribution in [-0.2, 0) is 9.53 Å². The smallest absolute Gasteiger partial charge is 0.307 e. The first kappa shape index (κ1) is 11.4. The van der Waals surface area contributed by atoms with Crippen molar-refractivity contribution in [3.05, 3.63) is 24.5 Å². The van der Waals surface area contributed by atoms with Gasteiger partial charge in [0.05, 0.1) is 6.26 Å². The second-order valence-corrected chi connectivity index (χ2v) is 5.80. The van der Waals surface area contributed by atoms with Gasteiger partial charge in [-0.05, 0) is 42.1 Å². The van der Waals surface area contributed by atoms with E-state index in [0.717, 1.165) is 0 Å². The van der Waals surface area contributed by atoms with Gasteiger partial charge in [0.1, 0.15) is 0 Å². The van der Waals surface area contributed by atoms with Crippen LogP contribution in [0.5, 0.6) is 0 Å². The average molecular weight is 220 g/mol. The summed E-state index contributed by atoms with van der Waals surface area (Å²) in [6.45, 7) is 5.99. The maximum Gasteiger partial charge on any atom is 0.307 e. The van der Waals surface area contributed by atoms with Crippen molar-refractivity contribution in [2.24, 2.45) is 16.7 Å². The number of carbonyl (C=O) groups excluding carboxylic acids is 1. The van der Waals surface area contributed by atoms with Crippen molar-refractivity contribution in [3.63, 3.8) is 0 Å².